The Hall–Kier alpha value is -1.59. The number of aromatic hydroxyl groups is 2. The summed E-state index contributed by atoms with van der Waals surface area (Å²) in [6.07, 6.45) is 2.68. The molecule has 0 unspecified atom stereocenters. The van der Waals surface area contributed by atoms with Gasteiger partial charge in [0.05, 0.1) is 5.01 Å². The Morgan fingerprint density at radius 1 is 1.29 bits per heavy atom. The number of phenolic OH excluding ortho intramolecular Hbond substituents is 2. The molecule has 90 valence electrons. The summed E-state index contributed by atoms with van der Waals surface area (Å²) in [7, 11) is 0. The third kappa shape index (κ3) is 3.44. The molecule has 2 aromatic rings. The van der Waals surface area contributed by atoms with Gasteiger partial charge >= 0.3 is 0 Å². The molecule has 17 heavy (non-hydrogen) atoms. The fourth-order valence-electron chi connectivity index (χ4n) is 1.50. The summed E-state index contributed by atoms with van der Waals surface area (Å²) in [6, 6.07) is 4.62. The van der Waals surface area contributed by atoms with Crippen LogP contribution in [0.4, 0.5) is 0 Å². The van der Waals surface area contributed by atoms with Gasteiger partial charge in [0.25, 0.3) is 0 Å². The van der Waals surface area contributed by atoms with Crippen LogP contribution in [0.25, 0.3) is 0 Å². The van der Waals surface area contributed by atoms with Gasteiger partial charge in [-0.3, -0.25) is 0 Å². The molecule has 4 nitrogen and oxygen atoms in total. The smallest absolute Gasteiger partial charge is 0.123 e. The zero-order valence-corrected chi connectivity index (χ0v) is 10.1. The fraction of sp³-hybridized carbons (Fsp3) is 0.250. The van der Waals surface area contributed by atoms with Crippen LogP contribution in [0.15, 0.2) is 29.8 Å². The molecule has 0 radical (unpaired) electrons. The number of hydrogen-bond donors (Lipinski definition) is 3. The molecule has 0 aliphatic carbocycles. The summed E-state index contributed by atoms with van der Waals surface area (Å²) < 4.78 is 0. The monoisotopic (exact) mass is 250 g/mol. The average molecular weight is 250 g/mol. The van der Waals surface area contributed by atoms with Crippen molar-refractivity contribution >= 4 is 11.3 Å². The summed E-state index contributed by atoms with van der Waals surface area (Å²) in [5, 5.41) is 25.0. The molecule has 5 heteroatoms. The number of thiazole rings is 1. The second kappa shape index (κ2) is 5.65. The van der Waals surface area contributed by atoms with Gasteiger partial charge in [0, 0.05) is 42.7 Å². The first kappa shape index (κ1) is 11.9. The molecule has 0 aliphatic heterocycles. The second-order valence-electron chi connectivity index (χ2n) is 3.67. The summed E-state index contributed by atoms with van der Waals surface area (Å²) in [4.78, 5) is 4.19. The van der Waals surface area contributed by atoms with Gasteiger partial charge in [-0.25, -0.2) is 4.98 Å². The third-order valence-corrected chi connectivity index (χ3v) is 3.22. The lowest BCUT2D eigenvalue weighted by molar-refractivity contribution is 0.444. The number of nitrogens with one attached hydrogen (secondary N) is 1. The van der Waals surface area contributed by atoms with Crippen molar-refractivity contribution in [3.05, 3.63) is 40.3 Å². The topological polar surface area (TPSA) is 65.4 Å². The maximum atomic E-state index is 9.56. The van der Waals surface area contributed by atoms with Gasteiger partial charge in [-0.05, 0) is 6.07 Å². The first-order valence-electron chi connectivity index (χ1n) is 5.35. The highest BCUT2D eigenvalue weighted by Gasteiger charge is 2.02. The van der Waals surface area contributed by atoms with E-state index in [1.807, 2.05) is 5.38 Å². The number of aromatic nitrogens is 1. The van der Waals surface area contributed by atoms with Crippen LogP contribution < -0.4 is 5.32 Å². The van der Waals surface area contributed by atoms with E-state index >= 15 is 0 Å². The lowest BCUT2D eigenvalue weighted by Crippen LogP contribution is -2.16. The lowest BCUT2D eigenvalue weighted by atomic mass is 10.2. The van der Waals surface area contributed by atoms with Gasteiger partial charge in [0.1, 0.15) is 11.5 Å². The van der Waals surface area contributed by atoms with Gasteiger partial charge in [-0.1, -0.05) is 6.07 Å². The molecule has 2 rings (SSSR count). The molecule has 0 spiro atoms. The van der Waals surface area contributed by atoms with Crippen molar-refractivity contribution < 1.29 is 10.2 Å². The fourth-order valence-corrected chi connectivity index (χ4v) is 2.12. The van der Waals surface area contributed by atoms with Crippen LogP contribution in [-0.4, -0.2) is 21.7 Å². The minimum atomic E-state index is 0.0778. The Morgan fingerprint density at radius 2 is 2.18 bits per heavy atom. The van der Waals surface area contributed by atoms with Gasteiger partial charge < -0.3 is 15.5 Å². The van der Waals surface area contributed by atoms with Crippen molar-refractivity contribution in [3.63, 3.8) is 0 Å². The van der Waals surface area contributed by atoms with E-state index in [0.717, 1.165) is 23.5 Å². The van der Waals surface area contributed by atoms with E-state index in [1.54, 1.807) is 29.7 Å². The van der Waals surface area contributed by atoms with Crippen LogP contribution in [0.2, 0.25) is 0 Å². The number of benzene rings is 1. The molecule has 0 atom stereocenters. The molecule has 0 aliphatic rings. The predicted octanol–water partition coefficient (Wildman–Crippen LogP) is 1.89. The Balaban J connectivity index is 1.78. The highest BCUT2D eigenvalue weighted by molar-refractivity contribution is 7.09. The Kier molecular flexibility index (Phi) is 3.95. The molecule has 0 bridgehead atoms. The van der Waals surface area contributed by atoms with E-state index in [4.69, 9.17) is 5.11 Å². The SMILES string of the molecule is Oc1ccc(CNCCc2nccs2)c(O)c1. The minimum Gasteiger partial charge on any atom is -0.508 e. The Morgan fingerprint density at radius 3 is 2.88 bits per heavy atom. The molecule has 0 fully saturated rings. The maximum absolute atomic E-state index is 9.56. The number of phenols is 2. The molecule has 0 saturated carbocycles. The molecule has 1 heterocycles. The first-order valence-corrected chi connectivity index (χ1v) is 6.23. The summed E-state index contributed by atoms with van der Waals surface area (Å²) >= 11 is 1.64. The van der Waals surface area contributed by atoms with Crippen molar-refractivity contribution in [1.29, 1.82) is 0 Å². The highest BCUT2D eigenvalue weighted by Crippen LogP contribution is 2.22. The van der Waals surface area contributed by atoms with E-state index in [2.05, 4.69) is 10.3 Å². The van der Waals surface area contributed by atoms with Crippen LogP contribution in [0.3, 0.4) is 0 Å². The zero-order chi connectivity index (χ0) is 12.1. The summed E-state index contributed by atoms with van der Waals surface area (Å²) in [5.74, 6) is 0.195. The summed E-state index contributed by atoms with van der Waals surface area (Å²) in [6.45, 7) is 1.39. The van der Waals surface area contributed by atoms with Crippen LogP contribution in [0.1, 0.15) is 10.6 Å². The standard InChI is InChI=1S/C12H14N2O2S/c15-10-2-1-9(11(16)7-10)8-13-4-3-12-14-5-6-17-12/h1-2,5-7,13,15-16H,3-4,8H2. The van der Waals surface area contributed by atoms with E-state index < -0.39 is 0 Å². The summed E-state index contributed by atoms with van der Waals surface area (Å²) in [5.41, 5.74) is 0.780. The molecule has 1 aromatic carbocycles. The maximum Gasteiger partial charge on any atom is 0.123 e. The normalized spacial score (nSPS) is 10.6. The largest absolute Gasteiger partial charge is 0.508 e. The average Bonchev–Trinajstić information content (AvgIpc) is 2.79. The first-order chi connectivity index (χ1) is 8.25. The van der Waals surface area contributed by atoms with Crippen molar-refractivity contribution in [3.8, 4) is 11.5 Å². The van der Waals surface area contributed by atoms with Crippen molar-refractivity contribution in [1.82, 2.24) is 10.3 Å². The van der Waals surface area contributed by atoms with Crippen molar-refractivity contribution in [2.24, 2.45) is 0 Å². The predicted molar refractivity (Wildman–Crippen MR) is 67.3 cm³/mol. The van der Waals surface area contributed by atoms with Crippen LogP contribution >= 0.6 is 11.3 Å². The van der Waals surface area contributed by atoms with Gasteiger partial charge in [-0.2, -0.15) is 0 Å². The molecule has 0 amide bonds. The molecule has 3 N–H and O–H groups in total. The minimum absolute atomic E-state index is 0.0778. The Bertz CT molecular complexity index is 471. The van der Waals surface area contributed by atoms with Crippen molar-refractivity contribution in [2.75, 3.05) is 6.54 Å². The van der Waals surface area contributed by atoms with E-state index in [-0.39, 0.29) is 11.5 Å². The number of rotatable bonds is 5. The third-order valence-electron chi connectivity index (χ3n) is 2.38. The van der Waals surface area contributed by atoms with E-state index in [9.17, 15) is 5.11 Å². The molecular weight excluding hydrogens is 236 g/mol. The highest BCUT2D eigenvalue weighted by atomic mass is 32.1. The molecule has 0 saturated heterocycles. The molecule has 1 aromatic heterocycles. The number of hydrogen-bond acceptors (Lipinski definition) is 5. The van der Waals surface area contributed by atoms with Gasteiger partial charge in [0.2, 0.25) is 0 Å². The van der Waals surface area contributed by atoms with Gasteiger partial charge in [0.15, 0.2) is 0 Å². The van der Waals surface area contributed by atoms with Crippen LogP contribution in [-0.2, 0) is 13.0 Å². The molecular formula is C12H14N2O2S. The zero-order valence-electron chi connectivity index (χ0n) is 9.26. The lowest BCUT2D eigenvalue weighted by Gasteiger charge is -2.06. The van der Waals surface area contributed by atoms with Gasteiger partial charge in [-0.15, -0.1) is 11.3 Å². The Labute approximate surface area is 104 Å². The van der Waals surface area contributed by atoms with E-state index in [0.29, 0.717) is 6.54 Å². The number of nitrogens with zero attached hydrogens (tertiary/aromatic N) is 1. The van der Waals surface area contributed by atoms with Crippen molar-refractivity contribution in [2.45, 2.75) is 13.0 Å². The van der Waals surface area contributed by atoms with Crippen LogP contribution in [0, 0.1) is 0 Å². The quantitative estimate of drug-likeness (QED) is 0.709. The van der Waals surface area contributed by atoms with E-state index in [1.165, 1.54) is 6.07 Å². The second-order valence-corrected chi connectivity index (χ2v) is 4.64. The van der Waals surface area contributed by atoms with Crippen LogP contribution in [0.5, 0.6) is 11.5 Å².